The Morgan fingerprint density at radius 1 is 1.22 bits per heavy atom. The first-order chi connectivity index (χ1) is 8.54. The van der Waals surface area contributed by atoms with Gasteiger partial charge >= 0.3 is 0 Å². The van der Waals surface area contributed by atoms with Crippen LogP contribution < -0.4 is 5.32 Å². The van der Waals surface area contributed by atoms with Gasteiger partial charge in [0.25, 0.3) is 0 Å². The summed E-state index contributed by atoms with van der Waals surface area (Å²) in [5.41, 5.74) is 0.598. The van der Waals surface area contributed by atoms with E-state index in [0.29, 0.717) is 23.9 Å². The van der Waals surface area contributed by atoms with Gasteiger partial charge in [0, 0.05) is 12.1 Å². The van der Waals surface area contributed by atoms with E-state index in [0.717, 1.165) is 25.5 Å². The molecule has 0 saturated carbocycles. The zero-order chi connectivity index (χ0) is 13.5. The third-order valence-electron chi connectivity index (χ3n) is 3.20. The molecule has 0 aliphatic heterocycles. The molecule has 0 amide bonds. The maximum absolute atomic E-state index is 13.5. The van der Waals surface area contributed by atoms with E-state index in [1.54, 1.807) is 6.07 Å². The van der Waals surface area contributed by atoms with Crippen LogP contribution in [0.15, 0.2) is 18.2 Å². The molecule has 0 fully saturated rings. The first-order valence-corrected chi connectivity index (χ1v) is 6.72. The Bertz CT molecular complexity index is 364. The lowest BCUT2D eigenvalue weighted by atomic mass is 9.96. The monoisotopic (exact) mass is 255 g/mol. The highest BCUT2D eigenvalue weighted by molar-refractivity contribution is 5.18. The molecule has 0 aliphatic rings. The predicted molar refractivity (Wildman–Crippen MR) is 71.6 cm³/mol. The summed E-state index contributed by atoms with van der Waals surface area (Å²) in [5, 5.41) is 3.47. The van der Waals surface area contributed by atoms with Crippen molar-refractivity contribution in [3.63, 3.8) is 0 Å². The van der Waals surface area contributed by atoms with Gasteiger partial charge in [-0.1, -0.05) is 26.8 Å². The molecule has 1 aromatic carbocycles. The van der Waals surface area contributed by atoms with Crippen LogP contribution in [0.2, 0.25) is 0 Å². The Hall–Kier alpha value is -0.960. The highest BCUT2D eigenvalue weighted by Crippen LogP contribution is 2.15. The average molecular weight is 255 g/mol. The maximum atomic E-state index is 13.5. The van der Waals surface area contributed by atoms with E-state index < -0.39 is 11.6 Å². The third kappa shape index (κ3) is 4.73. The van der Waals surface area contributed by atoms with Crippen LogP contribution in [0, 0.1) is 17.6 Å². The van der Waals surface area contributed by atoms with E-state index in [2.05, 4.69) is 26.1 Å². The molecule has 18 heavy (non-hydrogen) atoms. The molecule has 1 atom stereocenters. The Balaban J connectivity index is 2.55. The molecule has 1 N–H and O–H groups in total. The molecule has 1 unspecified atom stereocenters. The van der Waals surface area contributed by atoms with Crippen molar-refractivity contribution in [1.82, 2.24) is 5.32 Å². The van der Waals surface area contributed by atoms with Gasteiger partial charge in [-0.3, -0.25) is 0 Å². The van der Waals surface area contributed by atoms with Gasteiger partial charge in [0.05, 0.1) is 0 Å². The number of halogens is 2. The summed E-state index contributed by atoms with van der Waals surface area (Å²) in [6, 6.07) is 4.21. The molecule has 0 bridgehead atoms. The molecule has 0 aliphatic carbocycles. The number of benzene rings is 1. The van der Waals surface area contributed by atoms with Crippen LogP contribution in [0.3, 0.4) is 0 Å². The number of nitrogens with one attached hydrogen (secondary N) is 1. The van der Waals surface area contributed by atoms with Crippen LogP contribution in [0.25, 0.3) is 0 Å². The van der Waals surface area contributed by atoms with Gasteiger partial charge in [-0.15, -0.1) is 0 Å². The fourth-order valence-corrected chi connectivity index (χ4v) is 2.04. The molecule has 1 aromatic rings. The quantitative estimate of drug-likeness (QED) is 0.778. The zero-order valence-corrected chi connectivity index (χ0v) is 11.5. The smallest absolute Gasteiger partial charge is 0.129 e. The van der Waals surface area contributed by atoms with Crippen molar-refractivity contribution in [3.8, 4) is 0 Å². The van der Waals surface area contributed by atoms with Crippen molar-refractivity contribution in [2.24, 2.45) is 5.92 Å². The lowest BCUT2D eigenvalue weighted by molar-refractivity contribution is 0.376. The van der Waals surface area contributed by atoms with Crippen molar-refractivity contribution in [3.05, 3.63) is 35.4 Å². The van der Waals surface area contributed by atoms with Crippen LogP contribution >= 0.6 is 0 Å². The maximum Gasteiger partial charge on any atom is 0.129 e. The van der Waals surface area contributed by atoms with Crippen molar-refractivity contribution in [2.45, 2.75) is 46.1 Å². The van der Waals surface area contributed by atoms with Crippen LogP contribution in [0.5, 0.6) is 0 Å². The second kappa shape index (κ2) is 7.47. The summed E-state index contributed by atoms with van der Waals surface area (Å²) in [7, 11) is 0. The van der Waals surface area contributed by atoms with Gasteiger partial charge in [0.1, 0.15) is 11.6 Å². The second-order valence-corrected chi connectivity index (χ2v) is 5.08. The van der Waals surface area contributed by atoms with E-state index in [1.807, 2.05) is 0 Å². The third-order valence-corrected chi connectivity index (χ3v) is 3.20. The molecule has 102 valence electrons. The highest BCUT2D eigenvalue weighted by atomic mass is 19.1. The molecule has 0 aromatic heterocycles. The van der Waals surface area contributed by atoms with Crippen LogP contribution in [-0.4, -0.2) is 12.6 Å². The van der Waals surface area contributed by atoms with Crippen molar-refractivity contribution in [1.29, 1.82) is 0 Å². The highest BCUT2D eigenvalue weighted by Gasteiger charge is 2.13. The molecule has 0 spiro atoms. The Morgan fingerprint density at radius 3 is 2.50 bits per heavy atom. The van der Waals surface area contributed by atoms with Crippen LogP contribution in [0.1, 0.15) is 39.2 Å². The molecule has 0 saturated heterocycles. The zero-order valence-electron chi connectivity index (χ0n) is 11.5. The first kappa shape index (κ1) is 15.1. The lowest BCUT2D eigenvalue weighted by Gasteiger charge is -2.22. The Kier molecular flexibility index (Phi) is 6.27. The van der Waals surface area contributed by atoms with Crippen molar-refractivity contribution < 1.29 is 8.78 Å². The summed E-state index contributed by atoms with van der Waals surface area (Å²) < 4.78 is 26.3. The largest absolute Gasteiger partial charge is 0.314 e. The minimum absolute atomic E-state index is 0.384. The van der Waals surface area contributed by atoms with Crippen LogP contribution in [-0.2, 0) is 6.42 Å². The second-order valence-electron chi connectivity index (χ2n) is 5.08. The van der Waals surface area contributed by atoms with Gasteiger partial charge in [0.15, 0.2) is 0 Å². The fourth-order valence-electron chi connectivity index (χ4n) is 2.04. The van der Waals surface area contributed by atoms with E-state index in [9.17, 15) is 8.78 Å². The topological polar surface area (TPSA) is 12.0 Å². The minimum atomic E-state index is -0.513. The predicted octanol–water partition coefficient (Wildman–Crippen LogP) is 3.92. The average Bonchev–Trinajstić information content (AvgIpc) is 2.31. The standard InChI is InChI=1S/C15H23F2N/c1-4-9-18-15(11(2)3)8-6-12-5-7-13(16)10-14(12)17/h5,7,10-11,15,18H,4,6,8-9H2,1-3H3. The van der Waals surface area contributed by atoms with Crippen molar-refractivity contribution in [2.75, 3.05) is 6.54 Å². The summed E-state index contributed by atoms with van der Waals surface area (Å²) in [6.45, 7) is 7.43. The van der Waals surface area contributed by atoms with Crippen molar-refractivity contribution >= 4 is 0 Å². The van der Waals surface area contributed by atoms with Gasteiger partial charge < -0.3 is 5.32 Å². The molecular formula is C15H23F2N. The Labute approximate surface area is 109 Å². The van der Waals surface area contributed by atoms with Crippen LogP contribution in [0.4, 0.5) is 8.78 Å². The fraction of sp³-hybridized carbons (Fsp3) is 0.600. The lowest BCUT2D eigenvalue weighted by Crippen LogP contribution is -2.34. The first-order valence-electron chi connectivity index (χ1n) is 6.72. The number of hydrogen-bond donors (Lipinski definition) is 1. The van der Waals surface area contributed by atoms with E-state index >= 15 is 0 Å². The number of aryl methyl sites for hydroxylation is 1. The van der Waals surface area contributed by atoms with Gasteiger partial charge in [-0.05, 0) is 43.4 Å². The SMILES string of the molecule is CCCNC(CCc1ccc(F)cc1F)C(C)C. The van der Waals surface area contributed by atoms with Gasteiger partial charge in [0.2, 0.25) is 0 Å². The molecule has 1 rings (SSSR count). The van der Waals surface area contributed by atoms with Gasteiger partial charge in [-0.2, -0.15) is 0 Å². The summed E-state index contributed by atoms with van der Waals surface area (Å²) in [4.78, 5) is 0. The number of rotatable bonds is 7. The number of hydrogen-bond acceptors (Lipinski definition) is 1. The molecule has 3 heteroatoms. The minimum Gasteiger partial charge on any atom is -0.314 e. The summed E-state index contributed by atoms with van der Waals surface area (Å²) in [5.74, 6) is -0.436. The normalized spacial score (nSPS) is 13.0. The van der Waals surface area contributed by atoms with E-state index in [-0.39, 0.29) is 0 Å². The van der Waals surface area contributed by atoms with Gasteiger partial charge in [-0.25, -0.2) is 8.78 Å². The molecular weight excluding hydrogens is 232 g/mol. The summed E-state index contributed by atoms with van der Waals surface area (Å²) >= 11 is 0. The molecule has 1 nitrogen and oxygen atoms in total. The van der Waals surface area contributed by atoms with E-state index in [4.69, 9.17) is 0 Å². The molecule has 0 heterocycles. The summed E-state index contributed by atoms with van der Waals surface area (Å²) in [6.07, 6.45) is 2.61. The molecule has 0 radical (unpaired) electrons. The Morgan fingerprint density at radius 2 is 1.94 bits per heavy atom. The van der Waals surface area contributed by atoms with E-state index in [1.165, 1.54) is 6.07 Å².